The van der Waals surface area contributed by atoms with Crippen LogP contribution in [0.4, 0.5) is 8.78 Å². The Labute approximate surface area is 107 Å². The first kappa shape index (κ1) is 14.4. The second kappa shape index (κ2) is 6.35. The van der Waals surface area contributed by atoms with Crippen LogP contribution >= 0.6 is 0 Å². The molecule has 0 bridgehead atoms. The molecule has 7 heteroatoms. The van der Waals surface area contributed by atoms with Gasteiger partial charge in [-0.15, -0.1) is 0 Å². The molecule has 0 aliphatic heterocycles. The molecule has 0 heterocycles. The number of carboxylic acids is 1. The summed E-state index contributed by atoms with van der Waals surface area (Å²) in [7, 11) is 1.25. The number of halogens is 2. The molecule has 0 fully saturated rings. The molecule has 0 saturated carbocycles. The second-order valence-corrected chi connectivity index (χ2v) is 3.26. The summed E-state index contributed by atoms with van der Waals surface area (Å²) in [6.07, 6.45) is 1.09. The van der Waals surface area contributed by atoms with Crippen molar-refractivity contribution in [3.8, 4) is 17.6 Å². The lowest BCUT2D eigenvalue weighted by Crippen LogP contribution is -2.03. The molecule has 1 aromatic carbocycles. The minimum Gasteiger partial charge on any atom is -0.493 e. The highest BCUT2D eigenvalue weighted by Gasteiger charge is 2.12. The summed E-state index contributed by atoms with van der Waals surface area (Å²) in [5, 5.41) is 17.3. The highest BCUT2D eigenvalue weighted by atomic mass is 19.3. The van der Waals surface area contributed by atoms with Gasteiger partial charge in [-0.2, -0.15) is 14.0 Å². The van der Waals surface area contributed by atoms with Crippen molar-refractivity contribution < 1.29 is 28.2 Å². The summed E-state index contributed by atoms with van der Waals surface area (Å²) in [4.78, 5) is 10.7. The van der Waals surface area contributed by atoms with Gasteiger partial charge in [0.15, 0.2) is 11.5 Å². The maximum absolute atomic E-state index is 12.1. The summed E-state index contributed by atoms with van der Waals surface area (Å²) >= 11 is 0. The summed E-state index contributed by atoms with van der Waals surface area (Å²) in [6.45, 7) is -3.00. The number of hydrogen-bond donors (Lipinski definition) is 1. The van der Waals surface area contributed by atoms with Crippen molar-refractivity contribution in [2.24, 2.45) is 0 Å². The first-order valence-electron chi connectivity index (χ1n) is 4.96. The fraction of sp³-hybridized carbons (Fsp3) is 0.167. The Kier molecular flexibility index (Phi) is 4.83. The van der Waals surface area contributed by atoms with Crippen molar-refractivity contribution in [3.63, 3.8) is 0 Å². The van der Waals surface area contributed by atoms with Crippen molar-refractivity contribution in [1.82, 2.24) is 0 Å². The first-order chi connectivity index (χ1) is 8.97. The van der Waals surface area contributed by atoms with Crippen LogP contribution in [0.3, 0.4) is 0 Å². The normalized spacial score (nSPS) is 11.0. The average molecular weight is 269 g/mol. The largest absolute Gasteiger partial charge is 0.493 e. The molecular weight excluding hydrogens is 260 g/mol. The van der Waals surface area contributed by atoms with Crippen LogP contribution in [0.1, 0.15) is 5.56 Å². The van der Waals surface area contributed by atoms with Crippen LogP contribution in [-0.2, 0) is 4.79 Å². The molecule has 0 amide bonds. The van der Waals surface area contributed by atoms with E-state index in [2.05, 4.69) is 4.74 Å². The molecule has 5 nitrogen and oxygen atoms in total. The minimum atomic E-state index is -3.00. The van der Waals surface area contributed by atoms with Gasteiger partial charge in [-0.3, -0.25) is 0 Å². The van der Waals surface area contributed by atoms with E-state index in [-0.39, 0.29) is 11.5 Å². The van der Waals surface area contributed by atoms with Crippen molar-refractivity contribution in [2.75, 3.05) is 7.11 Å². The van der Waals surface area contributed by atoms with E-state index < -0.39 is 18.2 Å². The van der Waals surface area contributed by atoms with E-state index in [0.29, 0.717) is 5.56 Å². The molecule has 100 valence electrons. The smallest absolute Gasteiger partial charge is 0.387 e. The molecule has 0 aliphatic carbocycles. The van der Waals surface area contributed by atoms with Crippen molar-refractivity contribution in [3.05, 3.63) is 29.3 Å². The maximum Gasteiger partial charge on any atom is 0.387 e. The standard InChI is InChI=1S/C12H9F2NO4/c1-18-10-5-7(4-8(6-15)11(16)17)2-3-9(10)19-12(13)14/h2-5,12H,1H3,(H,16,17). The van der Waals surface area contributed by atoms with Gasteiger partial charge in [0.25, 0.3) is 0 Å². The molecule has 1 aromatic rings. The minimum absolute atomic E-state index is 0.0109. The molecular formula is C12H9F2NO4. The zero-order valence-corrected chi connectivity index (χ0v) is 9.76. The van der Waals surface area contributed by atoms with E-state index in [9.17, 15) is 13.6 Å². The Morgan fingerprint density at radius 1 is 1.47 bits per heavy atom. The molecule has 0 aromatic heterocycles. The Hall–Kier alpha value is -2.62. The van der Waals surface area contributed by atoms with Crippen LogP contribution in [0.5, 0.6) is 11.5 Å². The second-order valence-electron chi connectivity index (χ2n) is 3.26. The third-order valence-electron chi connectivity index (χ3n) is 2.07. The summed E-state index contributed by atoms with van der Waals surface area (Å²) < 4.78 is 33.2. The Balaban J connectivity index is 3.14. The monoisotopic (exact) mass is 269 g/mol. The van der Waals surface area contributed by atoms with Crippen LogP contribution in [0.25, 0.3) is 6.08 Å². The molecule has 0 unspecified atom stereocenters. The molecule has 1 rings (SSSR count). The molecule has 0 saturated heterocycles. The number of nitriles is 1. The van der Waals surface area contributed by atoms with Crippen LogP contribution < -0.4 is 9.47 Å². The Morgan fingerprint density at radius 2 is 2.16 bits per heavy atom. The van der Waals surface area contributed by atoms with Gasteiger partial charge in [0.05, 0.1) is 7.11 Å². The number of hydrogen-bond acceptors (Lipinski definition) is 4. The maximum atomic E-state index is 12.1. The van der Waals surface area contributed by atoms with E-state index in [4.69, 9.17) is 15.1 Å². The summed E-state index contributed by atoms with van der Waals surface area (Å²) in [5.74, 6) is -1.55. The van der Waals surface area contributed by atoms with Crippen molar-refractivity contribution in [1.29, 1.82) is 5.26 Å². The third kappa shape index (κ3) is 3.96. The zero-order valence-electron chi connectivity index (χ0n) is 9.76. The SMILES string of the molecule is COc1cc(C=C(C#N)C(=O)O)ccc1OC(F)F. The molecule has 0 radical (unpaired) electrons. The number of rotatable bonds is 5. The van der Waals surface area contributed by atoms with E-state index in [1.54, 1.807) is 0 Å². The molecule has 1 N–H and O–H groups in total. The van der Waals surface area contributed by atoms with E-state index in [1.165, 1.54) is 31.4 Å². The van der Waals surface area contributed by atoms with Gasteiger partial charge in [-0.05, 0) is 23.8 Å². The van der Waals surface area contributed by atoms with Crippen molar-refractivity contribution in [2.45, 2.75) is 6.61 Å². The lowest BCUT2D eigenvalue weighted by Gasteiger charge is -2.10. The van der Waals surface area contributed by atoms with E-state index in [0.717, 1.165) is 6.08 Å². The summed E-state index contributed by atoms with van der Waals surface area (Å²) in [6, 6.07) is 5.33. The van der Waals surface area contributed by atoms with E-state index >= 15 is 0 Å². The molecule has 0 atom stereocenters. The van der Waals surface area contributed by atoms with Crippen LogP contribution in [0.15, 0.2) is 23.8 Å². The topological polar surface area (TPSA) is 79.5 Å². The van der Waals surface area contributed by atoms with Crippen molar-refractivity contribution >= 4 is 12.0 Å². The summed E-state index contributed by atoms with van der Waals surface area (Å²) in [5.41, 5.74) is -0.165. The predicted octanol–water partition coefficient (Wildman–Crippen LogP) is 2.29. The number of carbonyl (C=O) groups is 1. The Bertz CT molecular complexity index is 549. The Morgan fingerprint density at radius 3 is 2.63 bits per heavy atom. The predicted molar refractivity (Wildman–Crippen MR) is 60.9 cm³/mol. The van der Waals surface area contributed by atoms with Gasteiger partial charge < -0.3 is 14.6 Å². The van der Waals surface area contributed by atoms with Gasteiger partial charge in [-0.25, -0.2) is 4.79 Å². The lowest BCUT2D eigenvalue weighted by atomic mass is 10.1. The van der Waals surface area contributed by atoms with Gasteiger partial charge >= 0.3 is 12.6 Å². The number of nitrogens with zero attached hydrogens (tertiary/aromatic N) is 1. The fourth-order valence-corrected chi connectivity index (χ4v) is 1.28. The zero-order chi connectivity index (χ0) is 14.4. The number of ether oxygens (including phenoxy) is 2. The number of methoxy groups -OCH3 is 1. The first-order valence-corrected chi connectivity index (χ1v) is 4.96. The van der Waals surface area contributed by atoms with Gasteiger partial charge in [0.1, 0.15) is 11.6 Å². The fourth-order valence-electron chi connectivity index (χ4n) is 1.28. The lowest BCUT2D eigenvalue weighted by molar-refractivity contribution is -0.132. The number of aliphatic carboxylic acids is 1. The quantitative estimate of drug-likeness (QED) is 0.655. The van der Waals surface area contributed by atoms with Gasteiger partial charge in [0, 0.05) is 0 Å². The van der Waals surface area contributed by atoms with E-state index in [1.807, 2.05) is 0 Å². The number of benzene rings is 1. The number of alkyl halides is 2. The average Bonchev–Trinajstić information content (AvgIpc) is 2.36. The highest BCUT2D eigenvalue weighted by molar-refractivity contribution is 5.96. The van der Waals surface area contributed by atoms with Gasteiger partial charge in [-0.1, -0.05) is 6.07 Å². The van der Waals surface area contributed by atoms with Gasteiger partial charge in [0.2, 0.25) is 0 Å². The number of carboxylic acid groups (broad SMARTS) is 1. The third-order valence-corrected chi connectivity index (χ3v) is 2.07. The molecule has 0 spiro atoms. The highest BCUT2D eigenvalue weighted by Crippen LogP contribution is 2.30. The van der Waals surface area contributed by atoms with Crippen LogP contribution in [0.2, 0.25) is 0 Å². The van der Waals surface area contributed by atoms with Crippen LogP contribution in [0, 0.1) is 11.3 Å². The van der Waals surface area contributed by atoms with Crippen LogP contribution in [-0.4, -0.2) is 24.8 Å². The molecule has 0 aliphatic rings. The molecule has 19 heavy (non-hydrogen) atoms.